The Balaban J connectivity index is 1.50. The van der Waals surface area contributed by atoms with Crippen molar-refractivity contribution in [2.24, 2.45) is 5.10 Å². The lowest BCUT2D eigenvalue weighted by Crippen LogP contribution is -2.21. The molecule has 0 unspecified atom stereocenters. The van der Waals surface area contributed by atoms with Crippen molar-refractivity contribution < 1.29 is 9.59 Å². The first-order chi connectivity index (χ1) is 14.1. The van der Waals surface area contributed by atoms with E-state index in [1.165, 1.54) is 5.01 Å². The van der Waals surface area contributed by atoms with Gasteiger partial charge in [-0.3, -0.25) is 9.59 Å². The van der Waals surface area contributed by atoms with E-state index < -0.39 is 0 Å². The summed E-state index contributed by atoms with van der Waals surface area (Å²) in [7, 11) is 0. The van der Waals surface area contributed by atoms with E-state index in [1.54, 1.807) is 12.1 Å². The number of nitrogens with zero attached hydrogens (tertiary/aromatic N) is 2. The van der Waals surface area contributed by atoms with Gasteiger partial charge in [-0.25, -0.2) is 0 Å². The summed E-state index contributed by atoms with van der Waals surface area (Å²) in [4.78, 5) is 25.0. The van der Waals surface area contributed by atoms with Crippen LogP contribution in [-0.4, -0.2) is 17.5 Å². The van der Waals surface area contributed by atoms with Crippen LogP contribution in [0, 0.1) is 0 Å². The molecule has 2 amide bonds. The van der Waals surface area contributed by atoms with Gasteiger partial charge in [0, 0.05) is 11.3 Å². The van der Waals surface area contributed by atoms with E-state index in [1.807, 2.05) is 85.8 Å². The Bertz CT molecular complexity index is 1100. The number of hydrogen-bond acceptors (Lipinski definition) is 3. The van der Waals surface area contributed by atoms with E-state index >= 15 is 0 Å². The second-order valence-corrected chi connectivity index (χ2v) is 6.64. The number of rotatable bonds is 4. The zero-order valence-corrected chi connectivity index (χ0v) is 15.9. The zero-order valence-electron chi connectivity index (χ0n) is 15.9. The van der Waals surface area contributed by atoms with Gasteiger partial charge in [0.25, 0.3) is 11.8 Å². The van der Waals surface area contributed by atoms with Crippen LogP contribution >= 0.6 is 0 Å². The van der Waals surface area contributed by atoms with Gasteiger partial charge in [0.15, 0.2) is 0 Å². The molecule has 142 valence electrons. The maximum Gasteiger partial charge on any atom is 0.280 e. The highest BCUT2D eigenvalue weighted by Gasteiger charge is 2.28. The molecule has 0 fully saturated rings. The number of hydrogen-bond donors (Lipinski definition) is 1. The Kier molecular flexibility index (Phi) is 5.03. The summed E-state index contributed by atoms with van der Waals surface area (Å²) in [6.07, 6.45) is 1.81. The van der Waals surface area contributed by atoms with Crippen LogP contribution in [0.1, 0.15) is 22.8 Å². The largest absolute Gasteiger partial charge is 0.322 e. The fourth-order valence-electron chi connectivity index (χ4n) is 3.05. The minimum atomic E-state index is -0.163. The molecule has 3 aromatic rings. The van der Waals surface area contributed by atoms with Gasteiger partial charge in [-0.15, -0.1) is 0 Å². The number of nitrogens with one attached hydrogen (secondary N) is 1. The highest BCUT2D eigenvalue weighted by molar-refractivity contribution is 6.32. The Morgan fingerprint density at radius 1 is 0.897 bits per heavy atom. The Morgan fingerprint density at radius 3 is 2.17 bits per heavy atom. The number of amides is 2. The third-order valence-electron chi connectivity index (χ3n) is 4.58. The first-order valence-corrected chi connectivity index (χ1v) is 9.25. The number of hydrazone groups is 1. The molecule has 1 heterocycles. The average Bonchev–Trinajstić information content (AvgIpc) is 3.04. The molecular formula is C24H19N3O2. The van der Waals surface area contributed by atoms with Gasteiger partial charge in [-0.2, -0.15) is 10.1 Å². The maximum atomic E-state index is 12.8. The molecule has 1 N–H and O–H groups in total. The monoisotopic (exact) mass is 381 g/mol. The Labute approximate surface area is 169 Å². The molecular weight excluding hydrogens is 362 g/mol. The first kappa shape index (κ1) is 18.4. The van der Waals surface area contributed by atoms with E-state index in [0.29, 0.717) is 22.5 Å². The summed E-state index contributed by atoms with van der Waals surface area (Å²) < 4.78 is 0. The van der Waals surface area contributed by atoms with Crippen LogP contribution in [0.25, 0.3) is 6.08 Å². The van der Waals surface area contributed by atoms with Crippen LogP contribution in [0.5, 0.6) is 0 Å². The fraction of sp³-hybridized carbons (Fsp3) is 0.0417. The number of anilines is 2. The van der Waals surface area contributed by atoms with Crippen molar-refractivity contribution in [3.63, 3.8) is 0 Å². The molecule has 4 rings (SSSR count). The predicted molar refractivity (Wildman–Crippen MR) is 116 cm³/mol. The number of benzene rings is 3. The van der Waals surface area contributed by atoms with Crippen LogP contribution in [-0.2, 0) is 4.79 Å². The minimum Gasteiger partial charge on any atom is -0.322 e. The molecule has 0 spiro atoms. The summed E-state index contributed by atoms with van der Waals surface area (Å²) in [5.74, 6) is -0.320. The average molecular weight is 381 g/mol. The molecule has 0 atom stereocenters. The normalized spacial score (nSPS) is 14.8. The fourth-order valence-corrected chi connectivity index (χ4v) is 3.05. The van der Waals surface area contributed by atoms with Crippen molar-refractivity contribution in [1.82, 2.24) is 0 Å². The van der Waals surface area contributed by atoms with Crippen LogP contribution < -0.4 is 10.3 Å². The Hall–Kier alpha value is -3.99. The molecule has 1 aliphatic heterocycles. The predicted octanol–water partition coefficient (Wildman–Crippen LogP) is 4.75. The van der Waals surface area contributed by atoms with Crippen molar-refractivity contribution in [2.45, 2.75) is 6.92 Å². The maximum absolute atomic E-state index is 12.8. The second-order valence-electron chi connectivity index (χ2n) is 6.64. The van der Waals surface area contributed by atoms with Crippen LogP contribution in [0.3, 0.4) is 0 Å². The van der Waals surface area contributed by atoms with E-state index in [4.69, 9.17) is 0 Å². The Morgan fingerprint density at radius 2 is 1.52 bits per heavy atom. The van der Waals surface area contributed by atoms with E-state index in [9.17, 15) is 9.59 Å². The van der Waals surface area contributed by atoms with E-state index in [0.717, 1.165) is 11.3 Å². The summed E-state index contributed by atoms with van der Waals surface area (Å²) in [6.45, 7) is 1.82. The molecule has 0 radical (unpaired) electrons. The topological polar surface area (TPSA) is 61.8 Å². The zero-order chi connectivity index (χ0) is 20.2. The molecule has 0 aliphatic carbocycles. The van der Waals surface area contributed by atoms with Crippen molar-refractivity contribution in [2.75, 3.05) is 10.3 Å². The number of carbonyl (C=O) groups excluding carboxylic acids is 2. The van der Waals surface area contributed by atoms with Gasteiger partial charge in [0.2, 0.25) is 0 Å². The van der Waals surface area contributed by atoms with Crippen molar-refractivity contribution in [3.05, 3.63) is 102 Å². The highest BCUT2D eigenvalue weighted by atomic mass is 16.2. The summed E-state index contributed by atoms with van der Waals surface area (Å²) in [5.41, 5.74) is 4.10. The lowest BCUT2D eigenvalue weighted by Gasteiger charge is -2.11. The number of carbonyl (C=O) groups is 2. The molecule has 3 aromatic carbocycles. The van der Waals surface area contributed by atoms with Gasteiger partial charge < -0.3 is 5.32 Å². The lowest BCUT2D eigenvalue weighted by atomic mass is 10.1. The molecule has 0 aromatic heterocycles. The quantitative estimate of drug-likeness (QED) is 0.663. The number of para-hydroxylation sites is 1. The molecule has 5 heteroatoms. The van der Waals surface area contributed by atoms with Crippen molar-refractivity contribution in [3.8, 4) is 0 Å². The second kappa shape index (κ2) is 7.94. The minimum absolute atomic E-state index is 0.157. The molecule has 29 heavy (non-hydrogen) atoms. The molecule has 0 saturated carbocycles. The molecule has 1 aliphatic rings. The van der Waals surface area contributed by atoms with Crippen LogP contribution in [0.15, 0.2) is 95.6 Å². The van der Waals surface area contributed by atoms with Crippen LogP contribution in [0.4, 0.5) is 11.4 Å². The SMILES string of the molecule is CC1=NN(c2ccccc2)C(=O)C1=Cc1ccc(NC(=O)c2ccccc2)cc1. The molecule has 0 bridgehead atoms. The highest BCUT2D eigenvalue weighted by Crippen LogP contribution is 2.25. The van der Waals surface area contributed by atoms with Crippen LogP contribution in [0.2, 0.25) is 0 Å². The van der Waals surface area contributed by atoms with Gasteiger partial charge in [-0.1, -0.05) is 48.5 Å². The molecule has 0 saturated heterocycles. The smallest absolute Gasteiger partial charge is 0.280 e. The third-order valence-corrected chi connectivity index (χ3v) is 4.58. The van der Waals surface area contributed by atoms with Gasteiger partial charge in [0.1, 0.15) is 0 Å². The summed E-state index contributed by atoms with van der Waals surface area (Å²) >= 11 is 0. The van der Waals surface area contributed by atoms with E-state index in [-0.39, 0.29) is 11.8 Å². The van der Waals surface area contributed by atoms with Crippen molar-refractivity contribution >= 4 is 35.0 Å². The lowest BCUT2D eigenvalue weighted by molar-refractivity contribution is -0.114. The first-order valence-electron chi connectivity index (χ1n) is 9.25. The summed E-state index contributed by atoms with van der Waals surface area (Å²) in [5, 5.41) is 8.66. The van der Waals surface area contributed by atoms with Gasteiger partial charge in [0.05, 0.1) is 17.0 Å². The van der Waals surface area contributed by atoms with Crippen molar-refractivity contribution in [1.29, 1.82) is 0 Å². The molecule has 5 nitrogen and oxygen atoms in total. The van der Waals surface area contributed by atoms with Gasteiger partial charge >= 0.3 is 0 Å². The summed E-state index contributed by atoms with van der Waals surface area (Å²) in [6, 6.07) is 25.7. The van der Waals surface area contributed by atoms with Gasteiger partial charge in [-0.05, 0) is 55.0 Å². The van der Waals surface area contributed by atoms with E-state index in [2.05, 4.69) is 10.4 Å². The third kappa shape index (κ3) is 3.99. The standard InChI is InChI=1S/C24H19N3O2/c1-17-22(24(29)27(26-17)21-10-6-3-7-11-21)16-18-12-14-20(15-13-18)25-23(28)19-8-4-2-5-9-19/h2-16H,1H3,(H,25,28).